The zero-order valence-electron chi connectivity index (χ0n) is 16.6. The van der Waals surface area contributed by atoms with Crippen LogP contribution in [0.1, 0.15) is 16.9 Å². The summed E-state index contributed by atoms with van der Waals surface area (Å²) in [4.78, 5) is 15.1. The number of carbonyl (C=O) groups is 1. The van der Waals surface area contributed by atoms with Crippen LogP contribution in [0.3, 0.4) is 0 Å². The zero-order chi connectivity index (χ0) is 20.7. The first-order valence-corrected chi connectivity index (χ1v) is 9.95. The number of nitrogens with zero attached hydrogens (tertiary/aromatic N) is 2. The SMILES string of the molecule is COc1cccc2c1CC(C(=O)N1CCc3onc(-c4cccc(F)c4)c3C1)CO2. The highest BCUT2D eigenvalue weighted by molar-refractivity contribution is 5.81. The van der Waals surface area contributed by atoms with Gasteiger partial charge in [-0.1, -0.05) is 23.4 Å². The van der Waals surface area contributed by atoms with E-state index in [0.717, 1.165) is 28.4 Å². The van der Waals surface area contributed by atoms with Crippen LogP contribution in [0.2, 0.25) is 0 Å². The van der Waals surface area contributed by atoms with Crippen LogP contribution < -0.4 is 9.47 Å². The van der Waals surface area contributed by atoms with Gasteiger partial charge in [-0.05, 0) is 30.7 Å². The summed E-state index contributed by atoms with van der Waals surface area (Å²) in [6.07, 6.45) is 1.15. The summed E-state index contributed by atoms with van der Waals surface area (Å²) >= 11 is 0. The van der Waals surface area contributed by atoms with Crippen molar-refractivity contribution in [2.75, 3.05) is 20.3 Å². The van der Waals surface area contributed by atoms with Gasteiger partial charge in [0.1, 0.15) is 35.4 Å². The van der Waals surface area contributed by atoms with E-state index < -0.39 is 0 Å². The summed E-state index contributed by atoms with van der Waals surface area (Å²) < 4.78 is 30.4. The highest BCUT2D eigenvalue weighted by Crippen LogP contribution is 2.36. The number of amides is 1. The fourth-order valence-corrected chi connectivity index (χ4v) is 4.25. The Balaban J connectivity index is 1.38. The van der Waals surface area contributed by atoms with Gasteiger partial charge in [0.25, 0.3) is 0 Å². The van der Waals surface area contributed by atoms with Crippen molar-refractivity contribution in [1.82, 2.24) is 10.1 Å². The van der Waals surface area contributed by atoms with Crippen molar-refractivity contribution >= 4 is 5.91 Å². The number of aromatic nitrogens is 1. The number of hydrogen-bond acceptors (Lipinski definition) is 5. The Labute approximate surface area is 173 Å². The van der Waals surface area contributed by atoms with E-state index in [1.165, 1.54) is 12.1 Å². The molecule has 0 spiro atoms. The van der Waals surface area contributed by atoms with Crippen molar-refractivity contribution in [3.8, 4) is 22.8 Å². The largest absolute Gasteiger partial charge is 0.496 e. The maximum Gasteiger partial charge on any atom is 0.229 e. The fourth-order valence-electron chi connectivity index (χ4n) is 4.25. The lowest BCUT2D eigenvalue weighted by atomic mass is 9.93. The minimum absolute atomic E-state index is 0.0311. The van der Waals surface area contributed by atoms with Crippen LogP contribution in [0.15, 0.2) is 47.0 Å². The smallest absolute Gasteiger partial charge is 0.229 e. The van der Waals surface area contributed by atoms with Crippen LogP contribution in [0, 0.1) is 11.7 Å². The maximum atomic E-state index is 13.7. The maximum absolute atomic E-state index is 13.7. The third-order valence-corrected chi connectivity index (χ3v) is 5.79. The minimum atomic E-state index is -0.333. The van der Waals surface area contributed by atoms with Crippen LogP contribution in [-0.2, 0) is 24.2 Å². The Morgan fingerprint density at radius 3 is 2.93 bits per heavy atom. The van der Waals surface area contributed by atoms with Gasteiger partial charge in [0.05, 0.1) is 19.6 Å². The lowest BCUT2D eigenvalue weighted by Crippen LogP contribution is -2.43. The highest BCUT2D eigenvalue weighted by Gasteiger charge is 2.34. The Morgan fingerprint density at radius 1 is 1.23 bits per heavy atom. The summed E-state index contributed by atoms with van der Waals surface area (Å²) in [6, 6.07) is 11.9. The molecule has 5 rings (SSSR count). The molecule has 2 aliphatic rings. The fraction of sp³-hybridized carbons (Fsp3) is 0.304. The van der Waals surface area contributed by atoms with Gasteiger partial charge >= 0.3 is 0 Å². The zero-order valence-corrected chi connectivity index (χ0v) is 16.6. The summed E-state index contributed by atoms with van der Waals surface area (Å²) in [6.45, 7) is 1.28. The van der Waals surface area contributed by atoms with Gasteiger partial charge in [0.15, 0.2) is 0 Å². The van der Waals surface area contributed by atoms with Crippen LogP contribution in [0.4, 0.5) is 4.39 Å². The van der Waals surface area contributed by atoms with Crippen molar-refractivity contribution in [3.63, 3.8) is 0 Å². The normalized spacial score (nSPS) is 17.7. The predicted octanol–water partition coefficient (Wildman–Crippen LogP) is 3.63. The van der Waals surface area contributed by atoms with Crippen molar-refractivity contribution in [2.24, 2.45) is 5.92 Å². The summed E-state index contributed by atoms with van der Waals surface area (Å²) in [5.74, 6) is 1.67. The molecule has 1 amide bonds. The topological polar surface area (TPSA) is 64.8 Å². The van der Waals surface area contributed by atoms with E-state index in [1.54, 1.807) is 19.2 Å². The number of ether oxygens (including phenoxy) is 2. The highest BCUT2D eigenvalue weighted by atomic mass is 19.1. The molecule has 154 valence electrons. The Hall–Kier alpha value is -3.35. The number of hydrogen-bond donors (Lipinski definition) is 0. The minimum Gasteiger partial charge on any atom is -0.496 e. The molecule has 3 heterocycles. The molecule has 30 heavy (non-hydrogen) atoms. The van der Waals surface area contributed by atoms with Gasteiger partial charge in [-0.3, -0.25) is 4.79 Å². The second-order valence-corrected chi connectivity index (χ2v) is 7.60. The molecular formula is C23H21FN2O4. The third-order valence-electron chi connectivity index (χ3n) is 5.79. The molecule has 0 N–H and O–H groups in total. The molecule has 0 bridgehead atoms. The summed E-state index contributed by atoms with van der Waals surface area (Å²) in [5.41, 5.74) is 3.01. The van der Waals surface area contributed by atoms with E-state index in [0.29, 0.717) is 43.8 Å². The lowest BCUT2D eigenvalue weighted by Gasteiger charge is -2.32. The van der Waals surface area contributed by atoms with E-state index in [4.69, 9.17) is 14.0 Å². The quantitative estimate of drug-likeness (QED) is 0.662. The first-order valence-electron chi connectivity index (χ1n) is 9.95. The number of benzene rings is 2. The summed E-state index contributed by atoms with van der Waals surface area (Å²) in [7, 11) is 1.62. The molecule has 1 aromatic heterocycles. The number of methoxy groups -OCH3 is 1. The van der Waals surface area contributed by atoms with Gasteiger partial charge in [-0.15, -0.1) is 0 Å². The van der Waals surface area contributed by atoms with Crippen LogP contribution in [0.25, 0.3) is 11.3 Å². The van der Waals surface area contributed by atoms with Crippen LogP contribution in [-0.4, -0.2) is 36.2 Å². The first kappa shape index (κ1) is 18.7. The van der Waals surface area contributed by atoms with Gasteiger partial charge in [-0.2, -0.15) is 0 Å². The molecule has 1 unspecified atom stereocenters. The third kappa shape index (κ3) is 3.20. The van der Waals surface area contributed by atoms with Crippen molar-refractivity contribution in [3.05, 3.63) is 65.2 Å². The van der Waals surface area contributed by atoms with Crippen molar-refractivity contribution in [1.29, 1.82) is 0 Å². The molecule has 3 aromatic rings. The average molecular weight is 408 g/mol. The molecule has 1 atom stereocenters. The summed E-state index contributed by atoms with van der Waals surface area (Å²) in [5, 5.41) is 4.15. The molecule has 2 aliphatic heterocycles. The van der Waals surface area contributed by atoms with E-state index in [2.05, 4.69) is 5.16 Å². The lowest BCUT2D eigenvalue weighted by molar-refractivity contribution is -0.138. The Kier molecular flexibility index (Phi) is 4.65. The second kappa shape index (κ2) is 7.48. The average Bonchev–Trinajstić information content (AvgIpc) is 3.21. The Morgan fingerprint density at radius 2 is 2.10 bits per heavy atom. The van der Waals surface area contributed by atoms with Crippen LogP contribution >= 0.6 is 0 Å². The first-order chi connectivity index (χ1) is 14.6. The van der Waals surface area contributed by atoms with E-state index in [-0.39, 0.29) is 17.6 Å². The van der Waals surface area contributed by atoms with Gasteiger partial charge in [0.2, 0.25) is 5.91 Å². The van der Waals surface area contributed by atoms with E-state index in [1.807, 2.05) is 23.1 Å². The van der Waals surface area contributed by atoms with E-state index in [9.17, 15) is 9.18 Å². The molecule has 0 radical (unpaired) electrons. The van der Waals surface area contributed by atoms with Gasteiger partial charge in [-0.25, -0.2) is 4.39 Å². The van der Waals surface area contributed by atoms with E-state index >= 15 is 0 Å². The molecule has 7 heteroatoms. The van der Waals surface area contributed by atoms with Gasteiger partial charge in [0, 0.05) is 29.7 Å². The number of rotatable bonds is 3. The number of fused-ring (bicyclic) bond motifs is 2. The van der Waals surface area contributed by atoms with Gasteiger partial charge < -0.3 is 18.9 Å². The molecule has 2 aromatic carbocycles. The molecule has 0 saturated heterocycles. The molecular weight excluding hydrogens is 387 g/mol. The second-order valence-electron chi connectivity index (χ2n) is 7.60. The standard InChI is InChI=1S/C23H21FN2O4/c1-28-19-6-3-7-20-17(19)11-15(13-29-20)23(27)26-9-8-21-18(12-26)22(25-30-21)14-4-2-5-16(24)10-14/h2-7,10,15H,8-9,11-13H2,1H3. The number of carbonyl (C=O) groups excluding carboxylic acids is 1. The molecule has 0 saturated carbocycles. The molecule has 6 nitrogen and oxygen atoms in total. The van der Waals surface area contributed by atoms with Crippen molar-refractivity contribution in [2.45, 2.75) is 19.4 Å². The van der Waals surface area contributed by atoms with Crippen LogP contribution in [0.5, 0.6) is 11.5 Å². The number of halogens is 1. The molecule has 0 aliphatic carbocycles. The van der Waals surface area contributed by atoms with Crippen molar-refractivity contribution < 1.29 is 23.2 Å². The Bertz CT molecular complexity index is 1100. The predicted molar refractivity (Wildman–Crippen MR) is 107 cm³/mol. The molecule has 0 fully saturated rings. The monoisotopic (exact) mass is 408 g/mol.